The Bertz CT molecular complexity index is 176. The summed E-state index contributed by atoms with van der Waals surface area (Å²) >= 11 is 0. The van der Waals surface area contributed by atoms with Gasteiger partial charge in [0.2, 0.25) is 0 Å². The first-order chi connectivity index (χ1) is 7.09. The van der Waals surface area contributed by atoms with E-state index < -0.39 is 0 Å². The van der Waals surface area contributed by atoms with Gasteiger partial charge in [-0.2, -0.15) is 0 Å². The van der Waals surface area contributed by atoms with Crippen LogP contribution < -0.4 is 11.1 Å². The molecule has 15 heavy (non-hydrogen) atoms. The third-order valence-corrected chi connectivity index (χ3v) is 3.53. The van der Waals surface area contributed by atoms with Crippen molar-refractivity contribution in [1.29, 1.82) is 0 Å². The maximum Gasteiger partial charge on any atom is 0.0469 e. The molecule has 1 fully saturated rings. The zero-order valence-electron chi connectivity index (χ0n) is 10.4. The lowest BCUT2D eigenvalue weighted by Gasteiger charge is -2.35. The Morgan fingerprint density at radius 1 is 1.40 bits per heavy atom. The minimum absolute atomic E-state index is 0.242. The summed E-state index contributed by atoms with van der Waals surface area (Å²) in [7, 11) is 2.06. The van der Waals surface area contributed by atoms with Crippen LogP contribution in [-0.4, -0.2) is 32.8 Å². The van der Waals surface area contributed by atoms with E-state index in [1.165, 1.54) is 12.8 Å². The number of rotatable bonds is 5. The summed E-state index contributed by atoms with van der Waals surface area (Å²) in [6.07, 6.45) is 3.53. The van der Waals surface area contributed by atoms with Gasteiger partial charge in [0.25, 0.3) is 0 Å². The zero-order chi connectivity index (χ0) is 11.3. The number of hydrogen-bond donors (Lipinski definition) is 2. The van der Waals surface area contributed by atoms with Crippen LogP contribution >= 0.6 is 0 Å². The van der Waals surface area contributed by atoms with Crippen LogP contribution in [0.4, 0.5) is 0 Å². The van der Waals surface area contributed by atoms with E-state index in [-0.39, 0.29) is 5.41 Å². The smallest absolute Gasteiger partial charge is 0.0469 e. The average molecular weight is 214 g/mol. The molecule has 1 unspecified atom stereocenters. The van der Waals surface area contributed by atoms with Crippen LogP contribution in [0, 0.1) is 11.3 Å². The highest BCUT2D eigenvalue weighted by Crippen LogP contribution is 2.28. The van der Waals surface area contributed by atoms with Crippen LogP contribution in [0.3, 0.4) is 0 Å². The number of hydrogen-bond acceptors (Lipinski definition) is 3. The van der Waals surface area contributed by atoms with Crippen molar-refractivity contribution in [3.63, 3.8) is 0 Å². The number of nitrogens with one attached hydrogen (secondary N) is 1. The molecule has 0 aromatic heterocycles. The standard InChI is InChI=1S/C12H26N2O/c1-12(2,9-13)8-11(14-3)10-4-6-15-7-5-10/h10-11,14H,4-9,13H2,1-3H3. The maximum atomic E-state index is 5.79. The molecule has 1 heterocycles. The first-order valence-corrected chi connectivity index (χ1v) is 6.04. The van der Waals surface area contributed by atoms with Crippen LogP contribution in [0.25, 0.3) is 0 Å². The first kappa shape index (κ1) is 12.9. The summed E-state index contributed by atoms with van der Waals surface area (Å²) in [5, 5.41) is 3.45. The molecule has 1 atom stereocenters. The zero-order valence-corrected chi connectivity index (χ0v) is 10.4. The fourth-order valence-corrected chi connectivity index (χ4v) is 2.30. The van der Waals surface area contributed by atoms with E-state index in [0.717, 1.165) is 32.1 Å². The monoisotopic (exact) mass is 214 g/mol. The van der Waals surface area contributed by atoms with Crippen molar-refractivity contribution in [2.24, 2.45) is 17.1 Å². The molecule has 3 N–H and O–H groups in total. The van der Waals surface area contributed by atoms with E-state index in [0.29, 0.717) is 6.04 Å². The minimum atomic E-state index is 0.242. The Kier molecular flexibility index (Phi) is 5.03. The number of nitrogens with two attached hydrogens (primary N) is 1. The molecular formula is C12H26N2O. The Morgan fingerprint density at radius 2 is 2.00 bits per heavy atom. The largest absolute Gasteiger partial charge is 0.381 e. The predicted octanol–water partition coefficient (Wildman–Crippen LogP) is 1.38. The highest BCUT2D eigenvalue weighted by molar-refractivity contribution is 4.83. The molecule has 3 heteroatoms. The first-order valence-electron chi connectivity index (χ1n) is 6.04. The Morgan fingerprint density at radius 3 is 2.47 bits per heavy atom. The topological polar surface area (TPSA) is 47.3 Å². The van der Waals surface area contributed by atoms with Crippen LogP contribution in [0.2, 0.25) is 0 Å². The van der Waals surface area contributed by atoms with Crippen LogP contribution in [0.15, 0.2) is 0 Å². The lowest BCUT2D eigenvalue weighted by atomic mass is 9.79. The highest BCUT2D eigenvalue weighted by Gasteiger charge is 2.28. The van der Waals surface area contributed by atoms with E-state index in [1.54, 1.807) is 0 Å². The van der Waals surface area contributed by atoms with Gasteiger partial charge in [0.15, 0.2) is 0 Å². The van der Waals surface area contributed by atoms with E-state index in [4.69, 9.17) is 10.5 Å². The Hall–Kier alpha value is -0.120. The third-order valence-electron chi connectivity index (χ3n) is 3.53. The van der Waals surface area contributed by atoms with Crippen molar-refractivity contribution in [2.75, 3.05) is 26.8 Å². The second-order valence-corrected chi connectivity index (χ2v) is 5.42. The van der Waals surface area contributed by atoms with Gasteiger partial charge in [-0.05, 0) is 44.2 Å². The van der Waals surface area contributed by atoms with Gasteiger partial charge in [-0.25, -0.2) is 0 Å². The normalized spacial score (nSPS) is 21.6. The molecule has 0 spiro atoms. The van der Waals surface area contributed by atoms with Crippen molar-refractivity contribution in [1.82, 2.24) is 5.32 Å². The lowest BCUT2D eigenvalue weighted by Crippen LogP contribution is -2.41. The molecule has 0 radical (unpaired) electrons. The molecule has 0 aromatic carbocycles. The van der Waals surface area contributed by atoms with Gasteiger partial charge in [-0.1, -0.05) is 13.8 Å². The van der Waals surface area contributed by atoms with Crippen molar-refractivity contribution in [3.8, 4) is 0 Å². The quantitative estimate of drug-likeness (QED) is 0.727. The van der Waals surface area contributed by atoms with E-state index in [1.807, 2.05) is 0 Å². The van der Waals surface area contributed by atoms with Gasteiger partial charge in [-0.3, -0.25) is 0 Å². The third kappa shape index (κ3) is 4.09. The molecule has 0 aromatic rings. The SMILES string of the molecule is CNC(CC(C)(C)CN)C1CCOCC1. The van der Waals surface area contributed by atoms with E-state index >= 15 is 0 Å². The lowest BCUT2D eigenvalue weighted by molar-refractivity contribution is 0.0483. The van der Waals surface area contributed by atoms with Crippen molar-refractivity contribution in [3.05, 3.63) is 0 Å². The second kappa shape index (κ2) is 5.83. The summed E-state index contributed by atoms with van der Waals surface area (Å²) in [4.78, 5) is 0. The summed E-state index contributed by atoms with van der Waals surface area (Å²) < 4.78 is 5.40. The van der Waals surface area contributed by atoms with E-state index in [9.17, 15) is 0 Å². The van der Waals surface area contributed by atoms with Crippen LogP contribution in [0.1, 0.15) is 33.1 Å². The highest BCUT2D eigenvalue weighted by atomic mass is 16.5. The predicted molar refractivity (Wildman–Crippen MR) is 63.8 cm³/mol. The molecule has 1 saturated heterocycles. The number of ether oxygens (including phenoxy) is 1. The van der Waals surface area contributed by atoms with Gasteiger partial charge < -0.3 is 15.8 Å². The molecule has 1 aliphatic rings. The summed E-state index contributed by atoms with van der Waals surface area (Å²) in [5.41, 5.74) is 6.03. The molecule has 3 nitrogen and oxygen atoms in total. The summed E-state index contributed by atoms with van der Waals surface area (Å²) in [6.45, 7) is 7.10. The molecule has 0 amide bonds. The average Bonchev–Trinajstić information content (AvgIpc) is 2.27. The van der Waals surface area contributed by atoms with Gasteiger partial charge in [-0.15, -0.1) is 0 Å². The van der Waals surface area contributed by atoms with Crippen molar-refractivity contribution < 1.29 is 4.74 Å². The van der Waals surface area contributed by atoms with Gasteiger partial charge in [0.05, 0.1) is 0 Å². The van der Waals surface area contributed by atoms with E-state index in [2.05, 4.69) is 26.2 Å². The maximum absolute atomic E-state index is 5.79. The molecule has 1 rings (SSSR count). The molecule has 1 aliphatic heterocycles. The minimum Gasteiger partial charge on any atom is -0.381 e. The molecule has 0 bridgehead atoms. The molecule has 0 aliphatic carbocycles. The Balaban J connectivity index is 2.46. The van der Waals surface area contributed by atoms with Crippen LogP contribution in [-0.2, 0) is 4.74 Å². The second-order valence-electron chi connectivity index (χ2n) is 5.42. The summed E-state index contributed by atoms with van der Waals surface area (Å²) in [5.74, 6) is 0.759. The van der Waals surface area contributed by atoms with Crippen LogP contribution in [0.5, 0.6) is 0 Å². The van der Waals surface area contributed by atoms with Gasteiger partial charge >= 0.3 is 0 Å². The molecule has 0 saturated carbocycles. The fraction of sp³-hybridized carbons (Fsp3) is 1.00. The molecule has 90 valence electrons. The van der Waals surface area contributed by atoms with Crippen molar-refractivity contribution >= 4 is 0 Å². The Labute approximate surface area is 93.8 Å². The summed E-state index contributed by atoms with van der Waals surface area (Å²) in [6, 6.07) is 0.590. The van der Waals surface area contributed by atoms with Crippen molar-refractivity contribution in [2.45, 2.75) is 39.2 Å². The van der Waals surface area contributed by atoms with Gasteiger partial charge in [0, 0.05) is 19.3 Å². The van der Waals surface area contributed by atoms with Gasteiger partial charge in [0.1, 0.15) is 0 Å². The molecular weight excluding hydrogens is 188 g/mol. The fourth-order valence-electron chi connectivity index (χ4n) is 2.30.